The lowest BCUT2D eigenvalue weighted by Crippen LogP contribution is -2.44. The molecule has 2 amide bonds. The number of carboxylic acids is 1. The molecule has 0 saturated heterocycles. The Kier molecular flexibility index (Phi) is 5.26. The maximum absolute atomic E-state index is 13.5. The van der Waals surface area contributed by atoms with Crippen LogP contribution in [-0.2, 0) is 0 Å². The Morgan fingerprint density at radius 1 is 1.38 bits per heavy atom. The molecule has 1 aromatic carbocycles. The third-order valence-electron chi connectivity index (χ3n) is 2.70. The number of anilines is 1. The summed E-state index contributed by atoms with van der Waals surface area (Å²) in [5.41, 5.74) is -1.36. The number of carbonyl (C=O) groups is 2. The molecule has 0 aromatic heterocycles. The number of aromatic carboxylic acids is 1. The van der Waals surface area contributed by atoms with Crippen LogP contribution in [0.25, 0.3) is 0 Å². The van der Waals surface area contributed by atoms with E-state index >= 15 is 0 Å². The van der Waals surface area contributed by atoms with Gasteiger partial charge in [-0.05, 0) is 39.0 Å². The monoisotopic (exact) mass is 298 g/mol. The quantitative estimate of drug-likeness (QED) is 0.777. The summed E-state index contributed by atoms with van der Waals surface area (Å²) in [4.78, 5) is 24.1. The first-order valence-electron chi connectivity index (χ1n) is 6.45. The topological polar surface area (TPSA) is 89.9 Å². The van der Waals surface area contributed by atoms with Gasteiger partial charge in [0.2, 0.25) is 0 Å². The third-order valence-corrected chi connectivity index (χ3v) is 2.70. The molecule has 0 aliphatic heterocycles. The van der Waals surface area contributed by atoms with Gasteiger partial charge in [0.1, 0.15) is 5.82 Å². The van der Waals surface area contributed by atoms with E-state index in [-0.39, 0.29) is 12.2 Å². The van der Waals surface area contributed by atoms with Crippen molar-refractivity contribution in [2.24, 2.45) is 0 Å². The Bertz CT molecular complexity index is 540. The number of nitrogens with one attached hydrogen (secondary N) is 1. The highest BCUT2D eigenvalue weighted by atomic mass is 19.1. The number of urea groups is 1. The first-order chi connectivity index (χ1) is 9.64. The van der Waals surface area contributed by atoms with Gasteiger partial charge in [-0.15, -0.1) is 0 Å². The van der Waals surface area contributed by atoms with E-state index in [4.69, 9.17) is 5.11 Å². The van der Waals surface area contributed by atoms with E-state index in [1.807, 2.05) is 0 Å². The molecule has 0 aliphatic carbocycles. The maximum Gasteiger partial charge on any atom is 0.338 e. The molecule has 3 N–H and O–H groups in total. The number of hydrogen-bond acceptors (Lipinski definition) is 3. The molecule has 0 fully saturated rings. The summed E-state index contributed by atoms with van der Waals surface area (Å²) >= 11 is 0. The lowest BCUT2D eigenvalue weighted by Gasteiger charge is -2.28. The maximum atomic E-state index is 13.5. The van der Waals surface area contributed by atoms with E-state index in [1.54, 1.807) is 20.8 Å². The molecule has 0 radical (unpaired) electrons. The van der Waals surface area contributed by atoms with Crippen molar-refractivity contribution < 1.29 is 24.2 Å². The second-order valence-corrected chi connectivity index (χ2v) is 5.26. The number of amides is 2. The van der Waals surface area contributed by atoms with Crippen molar-refractivity contribution in [3.63, 3.8) is 0 Å². The molecule has 1 rings (SSSR count). The molecule has 0 bridgehead atoms. The van der Waals surface area contributed by atoms with Gasteiger partial charge in [-0.3, -0.25) is 0 Å². The summed E-state index contributed by atoms with van der Waals surface area (Å²) in [6.45, 7) is 5.38. The van der Waals surface area contributed by atoms with Crippen LogP contribution in [0.1, 0.15) is 31.1 Å². The fraction of sp³-hybridized carbons (Fsp3) is 0.429. The summed E-state index contributed by atoms with van der Waals surface area (Å²) < 4.78 is 13.5. The summed E-state index contributed by atoms with van der Waals surface area (Å²) in [6, 6.07) is 2.84. The molecular formula is C14H19FN2O4. The van der Waals surface area contributed by atoms with Crippen LogP contribution in [0, 0.1) is 5.82 Å². The van der Waals surface area contributed by atoms with Gasteiger partial charge in [0, 0.05) is 12.2 Å². The Labute approximate surface area is 122 Å². The van der Waals surface area contributed by atoms with Crippen LogP contribution < -0.4 is 5.32 Å². The molecule has 7 heteroatoms. The van der Waals surface area contributed by atoms with Crippen LogP contribution >= 0.6 is 0 Å². The number of aliphatic hydroxyl groups is 1. The van der Waals surface area contributed by atoms with E-state index in [2.05, 4.69) is 5.32 Å². The van der Waals surface area contributed by atoms with Crippen molar-refractivity contribution in [1.82, 2.24) is 4.90 Å². The van der Waals surface area contributed by atoms with Crippen LogP contribution in [0.3, 0.4) is 0 Å². The number of likely N-dealkylation sites (N-methyl/N-ethyl adjacent to an activating group) is 1. The summed E-state index contributed by atoms with van der Waals surface area (Å²) in [5.74, 6) is -2.30. The molecule has 0 spiro atoms. The Morgan fingerprint density at radius 2 is 2.00 bits per heavy atom. The highest BCUT2D eigenvalue weighted by Crippen LogP contribution is 2.15. The van der Waals surface area contributed by atoms with Gasteiger partial charge in [-0.1, -0.05) is 0 Å². The minimum atomic E-state index is -1.37. The molecular weight excluding hydrogens is 279 g/mol. The molecule has 21 heavy (non-hydrogen) atoms. The second kappa shape index (κ2) is 6.53. The Hall–Kier alpha value is -2.15. The van der Waals surface area contributed by atoms with E-state index < -0.39 is 29.0 Å². The lowest BCUT2D eigenvalue weighted by atomic mass is 10.1. The molecule has 0 saturated carbocycles. The van der Waals surface area contributed by atoms with Crippen molar-refractivity contribution in [1.29, 1.82) is 0 Å². The van der Waals surface area contributed by atoms with Gasteiger partial charge in [0.05, 0.1) is 17.7 Å². The average molecular weight is 298 g/mol. The molecule has 0 aliphatic rings. The molecule has 6 nitrogen and oxygen atoms in total. The van der Waals surface area contributed by atoms with Crippen molar-refractivity contribution in [2.45, 2.75) is 26.4 Å². The molecule has 0 atom stereocenters. The van der Waals surface area contributed by atoms with Crippen molar-refractivity contribution >= 4 is 17.7 Å². The third kappa shape index (κ3) is 5.03. The summed E-state index contributed by atoms with van der Waals surface area (Å²) in [5, 5.41) is 20.9. The largest absolute Gasteiger partial charge is 0.478 e. The van der Waals surface area contributed by atoms with E-state index in [0.29, 0.717) is 6.54 Å². The minimum absolute atomic E-state index is 0.116. The molecule has 0 heterocycles. The highest BCUT2D eigenvalue weighted by molar-refractivity contribution is 5.91. The summed E-state index contributed by atoms with van der Waals surface area (Å²) in [7, 11) is 0. The van der Waals surface area contributed by atoms with E-state index in [1.165, 1.54) is 11.0 Å². The van der Waals surface area contributed by atoms with E-state index in [0.717, 1.165) is 12.1 Å². The Morgan fingerprint density at radius 3 is 2.43 bits per heavy atom. The smallest absolute Gasteiger partial charge is 0.338 e. The minimum Gasteiger partial charge on any atom is -0.478 e. The van der Waals surface area contributed by atoms with Crippen LogP contribution in [-0.4, -0.2) is 45.8 Å². The second-order valence-electron chi connectivity index (χ2n) is 5.26. The fourth-order valence-corrected chi connectivity index (χ4v) is 1.76. The van der Waals surface area contributed by atoms with Gasteiger partial charge < -0.3 is 20.4 Å². The number of halogens is 1. The number of carboxylic acid groups (broad SMARTS) is 1. The fourth-order valence-electron chi connectivity index (χ4n) is 1.76. The van der Waals surface area contributed by atoms with Gasteiger partial charge in [-0.25, -0.2) is 14.0 Å². The Balaban J connectivity index is 2.82. The lowest BCUT2D eigenvalue weighted by molar-refractivity contribution is 0.0501. The summed E-state index contributed by atoms with van der Waals surface area (Å²) in [6.07, 6.45) is 0. The molecule has 116 valence electrons. The first kappa shape index (κ1) is 16.9. The molecule has 1 aromatic rings. The van der Waals surface area contributed by atoms with Crippen molar-refractivity contribution in [3.8, 4) is 0 Å². The van der Waals surface area contributed by atoms with E-state index in [9.17, 15) is 19.1 Å². The van der Waals surface area contributed by atoms with Gasteiger partial charge in [0.25, 0.3) is 0 Å². The number of rotatable bonds is 5. The van der Waals surface area contributed by atoms with Crippen molar-refractivity contribution in [3.05, 3.63) is 29.6 Å². The van der Waals surface area contributed by atoms with Crippen molar-refractivity contribution in [2.75, 3.05) is 18.4 Å². The van der Waals surface area contributed by atoms with Crippen LogP contribution in [0.4, 0.5) is 14.9 Å². The average Bonchev–Trinajstić information content (AvgIpc) is 2.34. The zero-order chi connectivity index (χ0) is 16.2. The van der Waals surface area contributed by atoms with Crippen LogP contribution in [0.15, 0.2) is 18.2 Å². The highest BCUT2D eigenvalue weighted by Gasteiger charge is 2.21. The normalized spacial score (nSPS) is 11.1. The van der Waals surface area contributed by atoms with Gasteiger partial charge in [-0.2, -0.15) is 0 Å². The van der Waals surface area contributed by atoms with Crippen LogP contribution in [0.5, 0.6) is 0 Å². The zero-order valence-electron chi connectivity index (χ0n) is 12.2. The number of nitrogens with zero attached hydrogens (tertiary/aromatic N) is 1. The predicted octanol–water partition coefficient (Wildman–Crippen LogP) is 2.15. The number of benzene rings is 1. The zero-order valence-corrected chi connectivity index (χ0v) is 12.2. The van der Waals surface area contributed by atoms with Crippen LogP contribution in [0.2, 0.25) is 0 Å². The van der Waals surface area contributed by atoms with Gasteiger partial charge in [0.15, 0.2) is 0 Å². The number of carbonyl (C=O) groups excluding carboxylic acids is 1. The first-order valence-corrected chi connectivity index (χ1v) is 6.45. The SMILES string of the molecule is CCN(CC(C)(C)O)C(=O)Nc1ccc(C(=O)O)c(F)c1. The number of hydrogen-bond donors (Lipinski definition) is 3. The molecule has 0 unspecified atom stereocenters. The van der Waals surface area contributed by atoms with Gasteiger partial charge >= 0.3 is 12.0 Å². The predicted molar refractivity (Wildman–Crippen MR) is 75.9 cm³/mol. The standard InChI is InChI=1S/C14H19FN2O4/c1-4-17(8-14(2,3)21)13(20)16-9-5-6-10(12(18)19)11(15)7-9/h5-7,21H,4,8H2,1-3H3,(H,16,20)(H,18,19).